The van der Waals surface area contributed by atoms with Gasteiger partial charge in [0.15, 0.2) is 0 Å². The van der Waals surface area contributed by atoms with Gasteiger partial charge in [0.25, 0.3) is 0 Å². The minimum absolute atomic E-state index is 1.98. The molecule has 0 heterocycles. The van der Waals surface area contributed by atoms with Crippen molar-refractivity contribution in [1.82, 2.24) is 23.4 Å². The normalized spacial score (nSPS) is 14.3. The lowest BCUT2D eigenvalue weighted by atomic mass is 11.2. The van der Waals surface area contributed by atoms with Gasteiger partial charge in [0.1, 0.15) is 0 Å². The van der Waals surface area contributed by atoms with Crippen LogP contribution >= 0.6 is 25.8 Å². The van der Waals surface area contributed by atoms with Crippen LogP contribution in [0.3, 0.4) is 0 Å². The molecule has 0 aliphatic carbocycles. The Hall–Kier alpha value is 0.750. The van der Waals surface area contributed by atoms with E-state index in [2.05, 4.69) is 56.3 Å². The topological polar surface area (TPSA) is 28.6 Å². The van der Waals surface area contributed by atoms with Crippen LogP contribution in [-0.4, -0.2) is 93.8 Å². The predicted octanol–water partition coefficient (Wildman–Crippen LogP) is 2.66. The van der Waals surface area contributed by atoms with Crippen LogP contribution in [0.15, 0.2) is 4.52 Å². The molecule has 0 aromatic heterocycles. The fourth-order valence-corrected chi connectivity index (χ4v) is 10.1. The lowest BCUT2D eigenvalue weighted by Gasteiger charge is -2.38. The minimum atomic E-state index is -2.21. The molecule has 0 atom stereocenters. The van der Waals surface area contributed by atoms with E-state index in [4.69, 9.17) is 15.8 Å². The molecular weight excluding hydrogens is 302 g/mol. The summed E-state index contributed by atoms with van der Waals surface area (Å²) in [4.78, 5) is 0. The van der Waals surface area contributed by atoms with Gasteiger partial charge in [-0.1, -0.05) is 0 Å². The number of nitrogens with zero attached hydrogens (tertiary/aromatic N) is 6. The number of halogens is 1. The first-order valence-corrected chi connectivity index (χ1v) is 10.2. The Balaban J connectivity index is 6.18. The molecule has 0 spiro atoms. The van der Waals surface area contributed by atoms with E-state index in [1.807, 2.05) is 37.5 Å². The second kappa shape index (κ2) is 7.15. The Kier molecular flexibility index (Phi) is 7.43. The minimum Gasteiger partial charge on any atom is -0.249 e. The maximum absolute atomic E-state index is 6.87. The molecule has 0 fully saturated rings. The first kappa shape index (κ1) is 19.8. The largest absolute Gasteiger partial charge is 0.355 e. The van der Waals surface area contributed by atoms with Gasteiger partial charge in [0.2, 0.25) is 6.71 Å². The maximum atomic E-state index is 6.87. The Morgan fingerprint density at radius 3 is 1.11 bits per heavy atom. The Morgan fingerprint density at radius 2 is 0.947 bits per heavy atom. The quantitative estimate of drug-likeness (QED) is 0.698. The number of rotatable bonds is 6. The summed E-state index contributed by atoms with van der Waals surface area (Å²) in [6.07, 6.45) is 0. The molecule has 9 heteroatoms. The van der Waals surface area contributed by atoms with Gasteiger partial charge in [-0.05, 0) is 43.9 Å². The van der Waals surface area contributed by atoms with E-state index in [1.54, 1.807) is 0 Å². The molecule has 0 aliphatic rings. The van der Waals surface area contributed by atoms with Crippen molar-refractivity contribution in [2.75, 3.05) is 70.5 Å². The van der Waals surface area contributed by atoms with Crippen LogP contribution in [0.4, 0.5) is 0 Å². The summed E-state index contributed by atoms with van der Waals surface area (Å²) in [5.41, 5.74) is 0. The van der Waals surface area contributed by atoms with Crippen molar-refractivity contribution >= 4 is 25.8 Å². The molecule has 0 radical (unpaired) electrons. The van der Waals surface area contributed by atoms with Gasteiger partial charge >= 0.3 is 7.87 Å². The Morgan fingerprint density at radius 1 is 0.684 bits per heavy atom. The van der Waals surface area contributed by atoms with E-state index >= 15 is 0 Å². The van der Waals surface area contributed by atoms with Gasteiger partial charge in [-0.25, -0.2) is 9.34 Å². The first-order valence-electron chi connectivity index (χ1n) is 6.04. The molecule has 6 nitrogen and oxygen atoms in total. The summed E-state index contributed by atoms with van der Waals surface area (Å²) in [5.74, 6) is 0. The van der Waals surface area contributed by atoms with Crippen LogP contribution in [0.25, 0.3) is 0 Å². The van der Waals surface area contributed by atoms with Crippen molar-refractivity contribution in [3.8, 4) is 0 Å². The summed E-state index contributed by atoms with van der Waals surface area (Å²) in [6.45, 7) is -2.21. The van der Waals surface area contributed by atoms with Crippen molar-refractivity contribution < 1.29 is 0 Å². The number of hydrogen-bond donors (Lipinski definition) is 0. The molecule has 0 saturated carbocycles. The molecule has 0 aliphatic heterocycles. The average Bonchev–Trinajstić information content (AvgIpc) is 2.23. The zero-order valence-electron chi connectivity index (χ0n) is 14.0. The molecular formula is C10H30ClN6P2+. The lowest BCUT2D eigenvalue weighted by molar-refractivity contribution is 0.459. The highest BCUT2D eigenvalue weighted by Crippen LogP contribution is 2.74. The van der Waals surface area contributed by atoms with Crippen LogP contribution in [-0.2, 0) is 0 Å². The van der Waals surface area contributed by atoms with Gasteiger partial charge < -0.3 is 0 Å². The summed E-state index contributed by atoms with van der Waals surface area (Å²) in [5, 5.41) is 0. The highest BCUT2D eigenvalue weighted by atomic mass is 35.7. The molecule has 116 valence electrons. The third-order valence-corrected chi connectivity index (χ3v) is 12.4. The summed E-state index contributed by atoms with van der Waals surface area (Å²) in [6, 6.07) is 0. The van der Waals surface area contributed by atoms with Gasteiger partial charge in [-0.15, -0.1) is 14.0 Å². The van der Waals surface area contributed by atoms with Crippen molar-refractivity contribution in [1.29, 1.82) is 0 Å². The molecule has 0 aromatic rings. The van der Waals surface area contributed by atoms with Crippen molar-refractivity contribution in [3.63, 3.8) is 0 Å². The molecule has 0 saturated heterocycles. The summed E-state index contributed by atoms with van der Waals surface area (Å²) in [7, 11) is 18.3. The third-order valence-electron chi connectivity index (χ3n) is 2.86. The molecule has 19 heavy (non-hydrogen) atoms. The van der Waals surface area contributed by atoms with Crippen LogP contribution < -0.4 is 0 Å². The summed E-state index contributed by atoms with van der Waals surface area (Å²) >= 11 is 6.87. The van der Waals surface area contributed by atoms with E-state index < -0.39 is 14.6 Å². The predicted molar refractivity (Wildman–Crippen MR) is 90.6 cm³/mol. The molecule has 0 unspecified atom stereocenters. The van der Waals surface area contributed by atoms with Crippen LogP contribution in [0, 0.1) is 0 Å². The van der Waals surface area contributed by atoms with E-state index in [0.29, 0.717) is 0 Å². The first-order chi connectivity index (χ1) is 8.42. The fraction of sp³-hybridized carbons (Fsp3) is 1.00. The Bertz CT molecular complexity index is 309. The van der Waals surface area contributed by atoms with E-state index in [1.165, 1.54) is 0 Å². The molecule has 0 bridgehead atoms. The van der Waals surface area contributed by atoms with E-state index in [9.17, 15) is 0 Å². The van der Waals surface area contributed by atoms with Crippen molar-refractivity contribution in [3.05, 3.63) is 0 Å². The summed E-state index contributed by atoms with van der Waals surface area (Å²) < 4.78 is 15.7. The standard InChI is InChI=1S/C10H30ClN6P2/c1-13(2)18(11,14(3)4)12-19(15(5)6,16(7)8)17(9)10/h1-10H3/q+1. The monoisotopic (exact) mass is 331 g/mol. The average molecular weight is 332 g/mol. The number of hydrogen-bond acceptors (Lipinski definition) is 4. The smallest absolute Gasteiger partial charge is 0.249 e. The Labute approximate surface area is 124 Å². The van der Waals surface area contributed by atoms with Crippen molar-refractivity contribution in [2.24, 2.45) is 4.52 Å². The van der Waals surface area contributed by atoms with E-state index in [-0.39, 0.29) is 0 Å². The molecule has 0 amide bonds. The zero-order chi connectivity index (χ0) is 15.6. The zero-order valence-corrected chi connectivity index (χ0v) is 16.5. The second-order valence-electron chi connectivity index (χ2n) is 5.36. The van der Waals surface area contributed by atoms with E-state index in [0.717, 1.165) is 0 Å². The lowest BCUT2D eigenvalue weighted by Crippen LogP contribution is -2.35. The van der Waals surface area contributed by atoms with Crippen LogP contribution in [0.1, 0.15) is 0 Å². The van der Waals surface area contributed by atoms with Gasteiger partial charge in [-0.2, -0.15) is 0 Å². The second-order valence-corrected chi connectivity index (χ2v) is 13.5. The highest BCUT2D eigenvalue weighted by molar-refractivity contribution is 7.91. The van der Waals surface area contributed by atoms with Gasteiger partial charge in [0.05, 0.1) is 0 Å². The fourth-order valence-electron chi connectivity index (χ4n) is 1.98. The third kappa shape index (κ3) is 3.90. The van der Waals surface area contributed by atoms with Crippen LogP contribution in [0.2, 0.25) is 0 Å². The molecule has 0 N–H and O–H groups in total. The van der Waals surface area contributed by atoms with Gasteiger partial charge in [0, 0.05) is 42.3 Å². The highest BCUT2D eigenvalue weighted by Gasteiger charge is 2.51. The molecule has 0 aromatic carbocycles. The maximum Gasteiger partial charge on any atom is 0.355 e. The van der Waals surface area contributed by atoms with Gasteiger partial charge in [-0.3, -0.25) is 0 Å². The van der Waals surface area contributed by atoms with Crippen LogP contribution in [0.5, 0.6) is 0 Å². The van der Waals surface area contributed by atoms with Crippen molar-refractivity contribution in [2.45, 2.75) is 0 Å². The molecule has 0 rings (SSSR count). The SMILES string of the molecule is CN(C)P(Cl)(=N[P+](N(C)C)(N(C)C)N(C)C)N(C)C.